The van der Waals surface area contributed by atoms with Crippen LogP contribution in [0.4, 0.5) is 8.78 Å². The molecule has 1 saturated carbocycles. The zero-order valence-electron chi connectivity index (χ0n) is 6.64. The van der Waals surface area contributed by atoms with Crippen molar-refractivity contribution in [2.24, 2.45) is 23.7 Å². The Bertz CT molecular complexity index is 106. The summed E-state index contributed by atoms with van der Waals surface area (Å²) < 4.78 is 24.2. The summed E-state index contributed by atoms with van der Waals surface area (Å²) in [5.74, 6) is 0.647. The standard InChI is InChI=1S/C8H14F2/c1-4(2)6-5(3)7(6)8(9)10/h4-8H,1-3H3. The quantitative estimate of drug-likeness (QED) is 0.565. The first-order valence-electron chi connectivity index (χ1n) is 3.84. The van der Waals surface area contributed by atoms with E-state index in [4.69, 9.17) is 0 Å². The van der Waals surface area contributed by atoms with Gasteiger partial charge in [-0.05, 0) is 17.8 Å². The predicted octanol–water partition coefficient (Wildman–Crippen LogP) is 2.79. The Morgan fingerprint density at radius 1 is 1.10 bits per heavy atom. The second-order valence-corrected chi connectivity index (χ2v) is 3.59. The number of halogens is 2. The predicted molar refractivity (Wildman–Crippen MR) is 37.0 cm³/mol. The average molecular weight is 148 g/mol. The summed E-state index contributed by atoms with van der Waals surface area (Å²) in [5, 5.41) is 0. The topological polar surface area (TPSA) is 0 Å². The minimum atomic E-state index is -2.10. The molecule has 0 bridgehead atoms. The highest BCUT2D eigenvalue weighted by atomic mass is 19.3. The lowest BCUT2D eigenvalue weighted by molar-refractivity contribution is 0.109. The summed E-state index contributed by atoms with van der Waals surface area (Å²) >= 11 is 0. The van der Waals surface area contributed by atoms with E-state index in [1.54, 1.807) is 0 Å². The smallest absolute Gasteiger partial charge is 0.210 e. The maximum absolute atomic E-state index is 12.1. The molecule has 10 heavy (non-hydrogen) atoms. The summed E-state index contributed by atoms with van der Waals surface area (Å²) in [7, 11) is 0. The summed E-state index contributed by atoms with van der Waals surface area (Å²) in [6.07, 6.45) is -2.10. The second-order valence-electron chi connectivity index (χ2n) is 3.59. The molecule has 60 valence electrons. The lowest BCUT2D eigenvalue weighted by Gasteiger charge is -2.00. The van der Waals surface area contributed by atoms with Gasteiger partial charge in [0.25, 0.3) is 0 Å². The van der Waals surface area contributed by atoms with Crippen molar-refractivity contribution in [3.63, 3.8) is 0 Å². The molecule has 0 aromatic rings. The van der Waals surface area contributed by atoms with Gasteiger partial charge in [0, 0.05) is 5.92 Å². The van der Waals surface area contributed by atoms with E-state index in [9.17, 15) is 8.78 Å². The van der Waals surface area contributed by atoms with E-state index in [1.807, 2.05) is 20.8 Å². The number of hydrogen-bond acceptors (Lipinski definition) is 0. The van der Waals surface area contributed by atoms with Crippen molar-refractivity contribution >= 4 is 0 Å². The minimum Gasteiger partial charge on any atom is -0.210 e. The molecule has 3 atom stereocenters. The molecule has 1 aliphatic rings. The Morgan fingerprint density at radius 3 is 1.70 bits per heavy atom. The molecular formula is C8H14F2. The van der Waals surface area contributed by atoms with Gasteiger partial charge in [-0.2, -0.15) is 0 Å². The average Bonchev–Trinajstić information content (AvgIpc) is 2.40. The molecule has 0 N–H and O–H groups in total. The van der Waals surface area contributed by atoms with Crippen LogP contribution in [0, 0.1) is 23.7 Å². The van der Waals surface area contributed by atoms with Crippen molar-refractivity contribution in [2.45, 2.75) is 27.2 Å². The number of hydrogen-bond donors (Lipinski definition) is 0. The van der Waals surface area contributed by atoms with E-state index in [-0.39, 0.29) is 17.8 Å². The van der Waals surface area contributed by atoms with Crippen LogP contribution in [-0.4, -0.2) is 6.43 Å². The molecule has 0 amide bonds. The molecule has 0 aromatic carbocycles. The lowest BCUT2D eigenvalue weighted by atomic mass is 10.1. The van der Waals surface area contributed by atoms with Crippen LogP contribution in [0.5, 0.6) is 0 Å². The van der Waals surface area contributed by atoms with E-state index < -0.39 is 6.43 Å². The van der Waals surface area contributed by atoms with Crippen LogP contribution in [0.15, 0.2) is 0 Å². The van der Waals surface area contributed by atoms with E-state index >= 15 is 0 Å². The highest BCUT2D eigenvalue weighted by molar-refractivity contribution is 4.96. The third kappa shape index (κ3) is 1.16. The van der Waals surface area contributed by atoms with Crippen LogP contribution in [0.3, 0.4) is 0 Å². The van der Waals surface area contributed by atoms with Gasteiger partial charge in [0.05, 0.1) is 0 Å². The molecule has 1 aliphatic carbocycles. The monoisotopic (exact) mass is 148 g/mol. The van der Waals surface area contributed by atoms with Gasteiger partial charge in [-0.3, -0.25) is 0 Å². The van der Waals surface area contributed by atoms with Gasteiger partial charge in [0.15, 0.2) is 0 Å². The third-order valence-electron chi connectivity index (χ3n) is 2.58. The van der Waals surface area contributed by atoms with Crippen LogP contribution in [0.25, 0.3) is 0 Å². The van der Waals surface area contributed by atoms with Crippen LogP contribution in [0.2, 0.25) is 0 Å². The van der Waals surface area contributed by atoms with Crippen LogP contribution in [0.1, 0.15) is 20.8 Å². The maximum atomic E-state index is 12.1. The zero-order chi connectivity index (χ0) is 7.89. The Morgan fingerprint density at radius 2 is 1.60 bits per heavy atom. The highest BCUT2D eigenvalue weighted by Gasteiger charge is 2.53. The maximum Gasteiger partial charge on any atom is 0.241 e. The van der Waals surface area contributed by atoms with Gasteiger partial charge in [-0.25, -0.2) is 8.78 Å². The molecule has 3 unspecified atom stereocenters. The Hall–Kier alpha value is -0.140. The Labute approximate surface area is 60.6 Å². The Balaban J connectivity index is 2.41. The van der Waals surface area contributed by atoms with Gasteiger partial charge in [-0.15, -0.1) is 0 Å². The lowest BCUT2D eigenvalue weighted by Crippen LogP contribution is -1.99. The number of rotatable bonds is 2. The zero-order valence-corrected chi connectivity index (χ0v) is 6.64. The fourth-order valence-corrected chi connectivity index (χ4v) is 1.97. The molecule has 0 radical (unpaired) electrons. The summed E-state index contributed by atoms with van der Waals surface area (Å²) in [4.78, 5) is 0. The van der Waals surface area contributed by atoms with Gasteiger partial charge >= 0.3 is 0 Å². The van der Waals surface area contributed by atoms with E-state index in [2.05, 4.69) is 0 Å². The van der Waals surface area contributed by atoms with Crippen molar-refractivity contribution in [1.82, 2.24) is 0 Å². The molecular weight excluding hydrogens is 134 g/mol. The largest absolute Gasteiger partial charge is 0.241 e. The van der Waals surface area contributed by atoms with Gasteiger partial charge in [0.1, 0.15) is 0 Å². The van der Waals surface area contributed by atoms with Crippen molar-refractivity contribution in [3.8, 4) is 0 Å². The van der Waals surface area contributed by atoms with Gasteiger partial charge < -0.3 is 0 Å². The van der Waals surface area contributed by atoms with E-state index in [0.29, 0.717) is 5.92 Å². The molecule has 0 heterocycles. The van der Waals surface area contributed by atoms with Crippen LogP contribution >= 0.6 is 0 Å². The molecule has 1 rings (SSSR count). The third-order valence-corrected chi connectivity index (χ3v) is 2.58. The first kappa shape index (κ1) is 7.96. The van der Waals surface area contributed by atoms with Crippen molar-refractivity contribution in [1.29, 1.82) is 0 Å². The van der Waals surface area contributed by atoms with E-state index in [1.165, 1.54) is 0 Å². The molecule has 0 aromatic heterocycles. The van der Waals surface area contributed by atoms with Crippen LogP contribution < -0.4 is 0 Å². The van der Waals surface area contributed by atoms with Crippen LogP contribution in [-0.2, 0) is 0 Å². The summed E-state index contributed by atoms with van der Waals surface area (Å²) in [6, 6.07) is 0. The fraction of sp³-hybridized carbons (Fsp3) is 1.00. The molecule has 2 heteroatoms. The highest BCUT2D eigenvalue weighted by Crippen LogP contribution is 2.53. The number of alkyl halides is 2. The SMILES string of the molecule is CC(C)C1C(C)C1C(F)F. The molecule has 0 spiro atoms. The fourth-order valence-electron chi connectivity index (χ4n) is 1.97. The van der Waals surface area contributed by atoms with Crippen molar-refractivity contribution in [3.05, 3.63) is 0 Å². The van der Waals surface area contributed by atoms with Gasteiger partial charge in [-0.1, -0.05) is 20.8 Å². The van der Waals surface area contributed by atoms with Gasteiger partial charge in [0.2, 0.25) is 6.43 Å². The normalized spacial score (nSPS) is 39.3. The van der Waals surface area contributed by atoms with E-state index in [0.717, 1.165) is 0 Å². The molecule has 1 fully saturated rings. The Kier molecular flexibility index (Phi) is 1.97. The molecule has 0 nitrogen and oxygen atoms in total. The summed E-state index contributed by atoms with van der Waals surface area (Å²) in [6.45, 7) is 5.95. The van der Waals surface area contributed by atoms with Crippen molar-refractivity contribution in [2.75, 3.05) is 0 Å². The first-order chi connectivity index (χ1) is 4.55. The minimum absolute atomic E-state index is 0.250. The van der Waals surface area contributed by atoms with Crippen molar-refractivity contribution < 1.29 is 8.78 Å². The molecule has 0 saturated heterocycles. The summed E-state index contributed by atoms with van der Waals surface area (Å²) in [5.41, 5.74) is 0. The molecule has 0 aliphatic heterocycles. The second kappa shape index (κ2) is 2.48. The first-order valence-corrected chi connectivity index (χ1v) is 3.84.